The van der Waals surface area contributed by atoms with Crippen LogP contribution in [0.3, 0.4) is 0 Å². The zero-order valence-corrected chi connectivity index (χ0v) is 9.68. The van der Waals surface area contributed by atoms with Crippen molar-refractivity contribution in [2.24, 2.45) is 0 Å². The first-order valence-corrected chi connectivity index (χ1v) is 5.15. The summed E-state index contributed by atoms with van der Waals surface area (Å²) in [6, 6.07) is 5.77. The van der Waals surface area contributed by atoms with E-state index in [1.165, 1.54) is 6.33 Å². The van der Waals surface area contributed by atoms with E-state index in [0.717, 1.165) is 11.6 Å². The van der Waals surface area contributed by atoms with Crippen molar-refractivity contribution in [1.29, 1.82) is 0 Å². The van der Waals surface area contributed by atoms with Gasteiger partial charge in [-0.1, -0.05) is 6.07 Å². The van der Waals surface area contributed by atoms with Crippen LogP contribution in [-0.2, 0) is 0 Å². The van der Waals surface area contributed by atoms with E-state index < -0.39 is 0 Å². The molecule has 2 aromatic rings. The summed E-state index contributed by atoms with van der Waals surface area (Å²) in [4.78, 5) is 8.34. The lowest BCUT2D eigenvalue weighted by Crippen LogP contribution is -2.26. The molecule has 84 valence electrons. The molecule has 2 rings (SSSR count). The Balaban J connectivity index is 2.27. The fraction of sp³-hybridized carbons (Fsp3) is 0.364. The maximum absolute atomic E-state index is 4.45. The van der Waals surface area contributed by atoms with E-state index in [4.69, 9.17) is 0 Å². The maximum Gasteiger partial charge on any atom is 0.157 e. The topological polar surface area (TPSA) is 55.6 Å². The molecule has 0 spiro atoms. The molecule has 0 radical (unpaired) electrons. The Morgan fingerprint density at radius 2 is 2.06 bits per heavy atom. The summed E-state index contributed by atoms with van der Waals surface area (Å²) in [6.45, 7) is 6.28. The van der Waals surface area contributed by atoms with Crippen LogP contribution in [0.15, 0.2) is 30.9 Å². The average Bonchev–Trinajstić information content (AvgIpc) is 2.68. The molecule has 0 fully saturated rings. The van der Waals surface area contributed by atoms with Gasteiger partial charge >= 0.3 is 0 Å². The van der Waals surface area contributed by atoms with Gasteiger partial charge in [0.1, 0.15) is 18.5 Å². The molecule has 2 heterocycles. The van der Waals surface area contributed by atoms with Gasteiger partial charge in [-0.15, -0.1) is 0 Å². The summed E-state index contributed by atoms with van der Waals surface area (Å²) in [6.07, 6.45) is 3.12. The molecule has 1 N–H and O–H groups in total. The van der Waals surface area contributed by atoms with E-state index in [2.05, 4.69) is 41.2 Å². The molecule has 0 bridgehead atoms. The summed E-state index contributed by atoms with van der Waals surface area (Å²) in [5.41, 5.74) is -0.00596. The van der Waals surface area contributed by atoms with Gasteiger partial charge in [-0.3, -0.25) is 0 Å². The molecular weight excluding hydrogens is 202 g/mol. The lowest BCUT2D eigenvalue weighted by Gasteiger charge is -2.21. The molecule has 0 unspecified atom stereocenters. The van der Waals surface area contributed by atoms with Gasteiger partial charge in [0.25, 0.3) is 0 Å². The van der Waals surface area contributed by atoms with Crippen molar-refractivity contribution in [3.63, 3.8) is 0 Å². The van der Waals surface area contributed by atoms with Crippen LogP contribution in [0.25, 0.3) is 5.82 Å². The highest BCUT2D eigenvalue weighted by atomic mass is 15.3. The maximum atomic E-state index is 4.45. The number of nitrogens with zero attached hydrogens (tertiary/aromatic N) is 4. The Bertz CT molecular complexity index is 455. The second-order valence-electron chi connectivity index (χ2n) is 4.60. The first kappa shape index (κ1) is 10.6. The van der Waals surface area contributed by atoms with Crippen LogP contribution in [0.4, 0.5) is 5.82 Å². The van der Waals surface area contributed by atoms with E-state index in [1.807, 2.05) is 18.2 Å². The molecule has 0 saturated carbocycles. The smallest absolute Gasteiger partial charge is 0.157 e. The number of rotatable bonds is 2. The Labute approximate surface area is 94.5 Å². The van der Waals surface area contributed by atoms with Crippen LogP contribution in [-0.4, -0.2) is 25.3 Å². The number of pyridine rings is 1. The van der Waals surface area contributed by atoms with E-state index in [0.29, 0.717) is 0 Å². The summed E-state index contributed by atoms with van der Waals surface area (Å²) in [7, 11) is 0. The largest absolute Gasteiger partial charge is 0.365 e. The second-order valence-corrected chi connectivity index (χ2v) is 4.60. The monoisotopic (exact) mass is 217 g/mol. The Kier molecular flexibility index (Phi) is 2.60. The number of nitrogens with one attached hydrogen (secondary N) is 1. The highest BCUT2D eigenvalue weighted by Gasteiger charge is 2.10. The van der Waals surface area contributed by atoms with E-state index in [9.17, 15) is 0 Å². The van der Waals surface area contributed by atoms with Gasteiger partial charge < -0.3 is 5.32 Å². The predicted molar refractivity (Wildman–Crippen MR) is 62.5 cm³/mol. The molecule has 0 aromatic carbocycles. The van der Waals surface area contributed by atoms with Gasteiger partial charge in [-0.2, -0.15) is 5.10 Å². The van der Waals surface area contributed by atoms with Crippen LogP contribution in [0, 0.1) is 0 Å². The zero-order valence-electron chi connectivity index (χ0n) is 9.68. The van der Waals surface area contributed by atoms with Gasteiger partial charge in [0.15, 0.2) is 5.82 Å². The molecule has 5 heteroatoms. The standard InChI is InChI=1S/C11H15N5/c1-11(2,3)15-9-5-4-6-10(14-9)16-8-12-7-13-16/h4-8H,1-3H3,(H,14,15). The molecule has 0 atom stereocenters. The van der Waals surface area contributed by atoms with Crippen molar-refractivity contribution >= 4 is 5.82 Å². The lowest BCUT2D eigenvalue weighted by molar-refractivity contribution is 0.629. The quantitative estimate of drug-likeness (QED) is 0.834. The molecule has 0 aliphatic carbocycles. The van der Waals surface area contributed by atoms with Gasteiger partial charge in [-0.25, -0.2) is 14.6 Å². The molecule has 0 amide bonds. The Hall–Kier alpha value is -1.91. The first-order chi connectivity index (χ1) is 7.54. The molecule has 0 aliphatic rings. The fourth-order valence-electron chi connectivity index (χ4n) is 1.33. The number of anilines is 1. The second kappa shape index (κ2) is 3.92. The number of hydrogen-bond donors (Lipinski definition) is 1. The summed E-state index contributed by atoms with van der Waals surface area (Å²) in [5.74, 6) is 1.59. The van der Waals surface area contributed by atoms with Crippen molar-refractivity contribution in [1.82, 2.24) is 19.7 Å². The normalized spacial score (nSPS) is 11.4. The van der Waals surface area contributed by atoms with Crippen molar-refractivity contribution in [2.45, 2.75) is 26.3 Å². The lowest BCUT2D eigenvalue weighted by atomic mass is 10.1. The fourth-order valence-corrected chi connectivity index (χ4v) is 1.33. The highest BCUT2D eigenvalue weighted by molar-refractivity contribution is 5.41. The molecule has 0 saturated heterocycles. The van der Waals surface area contributed by atoms with E-state index in [-0.39, 0.29) is 5.54 Å². The number of aromatic nitrogens is 4. The van der Waals surface area contributed by atoms with Gasteiger partial charge in [0, 0.05) is 5.54 Å². The van der Waals surface area contributed by atoms with Crippen LogP contribution in [0.5, 0.6) is 0 Å². The van der Waals surface area contributed by atoms with Crippen molar-refractivity contribution < 1.29 is 0 Å². The van der Waals surface area contributed by atoms with Crippen molar-refractivity contribution in [2.75, 3.05) is 5.32 Å². The molecular formula is C11H15N5. The minimum atomic E-state index is -0.00596. The highest BCUT2D eigenvalue weighted by Crippen LogP contribution is 2.13. The van der Waals surface area contributed by atoms with Gasteiger partial charge in [-0.05, 0) is 32.9 Å². The van der Waals surface area contributed by atoms with Crippen LogP contribution < -0.4 is 5.32 Å². The first-order valence-electron chi connectivity index (χ1n) is 5.15. The summed E-state index contributed by atoms with van der Waals surface area (Å²) >= 11 is 0. The predicted octanol–water partition coefficient (Wildman–Crippen LogP) is 1.87. The molecule has 5 nitrogen and oxygen atoms in total. The van der Waals surface area contributed by atoms with E-state index >= 15 is 0 Å². The van der Waals surface area contributed by atoms with Gasteiger partial charge in [0.05, 0.1) is 0 Å². The van der Waals surface area contributed by atoms with Crippen molar-refractivity contribution in [3.8, 4) is 5.82 Å². The summed E-state index contributed by atoms with van der Waals surface area (Å²) < 4.78 is 1.63. The third-order valence-corrected chi connectivity index (χ3v) is 1.89. The van der Waals surface area contributed by atoms with Crippen molar-refractivity contribution in [3.05, 3.63) is 30.9 Å². The molecule has 0 aliphatic heterocycles. The summed E-state index contributed by atoms with van der Waals surface area (Å²) in [5, 5.41) is 7.35. The number of hydrogen-bond acceptors (Lipinski definition) is 4. The Morgan fingerprint density at radius 3 is 2.69 bits per heavy atom. The van der Waals surface area contributed by atoms with Crippen LogP contribution in [0.2, 0.25) is 0 Å². The minimum Gasteiger partial charge on any atom is -0.365 e. The average molecular weight is 217 g/mol. The Morgan fingerprint density at radius 1 is 1.25 bits per heavy atom. The van der Waals surface area contributed by atoms with Crippen LogP contribution in [0.1, 0.15) is 20.8 Å². The third-order valence-electron chi connectivity index (χ3n) is 1.89. The molecule has 16 heavy (non-hydrogen) atoms. The van der Waals surface area contributed by atoms with E-state index in [1.54, 1.807) is 11.0 Å². The minimum absolute atomic E-state index is 0.00596. The van der Waals surface area contributed by atoms with Crippen LogP contribution >= 0.6 is 0 Å². The zero-order chi connectivity index (χ0) is 11.6. The van der Waals surface area contributed by atoms with Gasteiger partial charge in [0.2, 0.25) is 0 Å². The third kappa shape index (κ3) is 2.56. The SMILES string of the molecule is CC(C)(C)Nc1cccc(-n2cncn2)n1. The molecule has 2 aromatic heterocycles.